The largest absolute Gasteiger partial charge is 0.480 e. The van der Waals surface area contributed by atoms with E-state index in [1.54, 1.807) is 26.0 Å². The summed E-state index contributed by atoms with van der Waals surface area (Å²) in [7, 11) is -4.05. The first-order valence-corrected chi connectivity index (χ1v) is 7.50. The molecule has 6 nitrogen and oxygen atoms in total. The molecule has 0 aliphatic rings. The minimum absolute atomic E-state index is 0.0185. The van der Waals surface area contributed by atoms with Crippen LogP contribution in [-0.2, 0) is 14.8 Å². The van der Waals surface area contributed by atoms with Crippen molar-refractivity contribution in [1.82, 2.24) is 4.72 Å². The first kappa shape index (κ1) is 16.1. The van der Waals surface area contributed by atoms with E-state index >= 15 is 0 Å². The van der Waals surface area contributed by atoms with Gasteiger partial charge in [0.15, 0.2) is 0 Å². The smallest absolute Gasteiger partial charge is 0.321 e. The molecular weight excluding hydrogens is 280 g/mol. The predicted molar refractivity (Wildman–Crippen MR) is 72.4 cm³/mol. The first-order chi connectivity index (χ1) is 9.27. The fourth-order valence-electron chi connectivity index (χ4n) is 1.71. The molecule has 0 aliphatic heterocycles. The second-order valence-electron chi connectivity index (χ2n) is 4.75. The van der Waals surface area contributed by atoms with Crippen LogP contribution in [0.2, 0.25) is 0 Å². The van der Waals surface area contributed by atoms with E-state index in [0.29, 0.717) is 0 Å². The lowest BCUT2D eigenvalue weighted by atomic mass is 10.1. The van der Waals surface area contributed by atoms with Crippen molar-refractivity contribution in [2.45, 2.75) is 31.2 Å². The van der Waals surface area contributed by atoms with Gasteiger partial charge < -0.3 is 5.11 Å². The molecule has 1 rings (SSSR count). The monoisotopic (exact) mass is 296 g/mol. The SMILES string of the molecule is CC(C)C[C@H](NS(=O)(=O)c1ccccc1C#N)C(=O)O. The third-order valence-corrected chi connectivity index (χ3v) is 4.13. The van der Waals surface area contributed by atoms with Crippen molar-refractivity contribution in [2.75, 3.05) is 0 Å². The Bertz CT molecular complexity index is 632. The van der Waals surface area contributed by atoms with Crippen molar-refractivity contribution < 1.29 is 18.3 Å². The molecule has 0 fully saturated rings. The van der Waals surface area contributed by atoms with E-state index in [2.05, 4.69) is 4.72 Å². The average Bonchev–Trinajstić information content (AvgIpc) is 2.37. The van der Waals surface area contributed by atoms with Crippen molar-refractivity contribution in [3.05, 3.63) is 29.8 Å². The lowest BCUT2D eigenvalue weighted by molar-refractivity contribution is -0.139. The highest BCUT2D eigenvalue weighted by atomic mass is 32.2. The number of hydrogen-bond donors (Lipinski definition) is 2. The molecule has 0 amide bonds. The second-order valence-corrected chi connectivity index (χ2v) is 6.43. The molecule has 7 heteroatoms. The van der Waals surface area contributed by atoms with E-state index < -0.39 is 22.0 Å². The summed E-state index contributed by atoms with van der Waals surface area (Å²) in [5, 5.41) is 18.0. The Morgan fingerprint density at radius 3 is 2.50 bits per heavy atom. The average molecular weight is 296 g/mol. The van der Waals surface area contributed by atoms with Crippen molar-refractivity contribution in [3.8, 4) is 6.07 Å². The van der Waals surface area contributed by atoms with Crippen LogP contribution in [0.1, 0.15) is 25.8 Å². The molecule has 0 heterocycles. The number of nitriles is 1. The normalized spacial score (nSPS) is 12.9. The fraction of sp³-hybridized carbons (Fsp3) is 0.385. The van der Waals surface area contributed by atoms with Crippen LogP contribution >= 0.6 is 0 Å². The number of carboxylic acid groups (broad SMARTS) is 1. The summed E-state index contributed by atoms with van der Waals surface area (Å²) in [4.78, 5) is 10.9. The van der Waals surface area contributed by atoms with Gasteiger partial charge in [-0.1, -0.05) is 26.0 Å². The maximum atomic E-state index is 12.2. The summed E-state index contributed by atoms with van der Waals surface area (Å²) < 4.78 is 26.5. The molecule has 20 heavy (non-hydrogen) atoms. The van der Waals surface area contributed by atoms with Crippen molar-refractivity contribution in [3.63, 3.8) is 0 Å². The highest BCUT2D eigenvalue weighted by molar-refractivity contribution is 7.89. The van der Waals surface area contributed by atoms with Crippen LogP contribution in [0.25, 0.3) is 0 Å². The predicted octanol–water partition coefficient (Wildman–Crippen LogP) is 1.34. The van der Waals surface area contributed by atoms with Crippen molar-refractivity contribution in [1.29, 1.82) is 5.26 Å². The second kappa shape index (κ2) is 6.50. The van der Waals surface area contributed by atoms with Crippen LogP contribution in [0.3, 0.4) is 0 Å². The van der Waals surface area contributed by atoms with Crippen molar-refractivity contribution in [2.24, 2.45) is 5.92 Å². The van der Waals surface area contributed by atoms with E-state index in [-0.39, 0.29) is 22.8 Å². The van der Waals surface area contributed by atoms with Gasteiger partial charge in [0.05, 0.1) is 10.5 Å². The Labute approximate surface area is 118 Å². The molecule has 1 aromatic rings. The third kappa shape index (κ3) is 4.05. The molecule has 0 unspecified atom stereocenters. The van der Waals surface area contributed by atoms with Gasteiger partial charge >= 0.3 is 5.97 Å². The zero-order valence-electron chi connectivity index (χ0n) is 11.2. The Morgan fingerprint density at radius 2 is 2.00 bits per heavy atom. The van der Waals surface area contributed by atoms with Crippen LogP contribution in [0, 0.1) is 17.2 Å². The molecule has 0 saturated heterocycles. The molecule has 0 aromatic heterocycles. The Hall–Kier alpha value is -1.91. The molecule has 2 N–H and O–H groups in total. The molecule has 0 saturated carbocycles. The van der Waals surface area contributed by atoms with Crippen LogP contribution in [0.5, 0.6) is 0 Å². The molecule has 0 radical (unpaired) electrons. The number of hydrogen-bond acceptors (Lipinski definition) is 4. The summed E-state index contributed by atoms with van der Waals surface area (Å²) in [6, 6.07) is 6.23. The topological polar surface area (TPSA) is 107 Å². The van der Waals surface area contributed by atoms with Crippen LogP contribution < -0.4 is 4.72 Å². The quantitative estimate of drug-likeness (QED) is 0.823. The fourth-order valence-corrected chi connectivity index (χ4v) is 3.07. The van der Waals surface area contributed by atoms with Gasteiger partial charge in [0.25, 0.3) is 0 Å². The highest BCUT2D eigenvalue weighted by Gasteiger charge is 2.27. The standard InChI is InChI=1S/C13H16N2O4S/c1-9(2)7-11(13(16)17)15-20(18,19)12-6-4-3-5-10(12)8-14/h3-6,9,11,15H,7H2,1-2H3,(H,16,17)/t11-/m0/s1. The van der Waals surface area contributed by atoms with Gasteiger partial charge in [-0.3, -0.25) is 4.79 Å². The lowest BCUT2D eigenvalue weighted by Gasteiger charge is -2.17. The van der Waals surface area contributed by atoms with E-state index in [1.165, 1.54) is 18.2 Å². The zero-order valence-corrected chi connectivity index (χ0v) is 12.0. The molecule has 0 spiro atoms. The molecule has 0 bridgehead atoms. The van der Waals surface area contributed by atoms with Gasteiger partial charge in [-0.25, -0.2) is 8.42 Å². The van der Waals surface area contributed by atoms with E-state index in [9.17, 15) is 13.2 Å². The van der Waals surface area contributed by atoms with Crippen molar-refractivity contribution >= 4 is 16.0 Å². The van der Waals surface area contributed by atoms with Gasteiger partial charge in [-0.2, -0.15) is 9.98 Å². The number of rotatable bonds is 6. The number of benzene rings is 1. The highest BCUT2D eigenvalue weighted by Crippen LogP contribution is 2.16. The summed E-state index contributed by atoms with van der Waals surface area (Å²) in [5.74, 6) is -1.22. The minimum atomic E-state index is -4.05. The van der Waals surface area contributed by atoms with E-state index in [4.69, 9.17) is 10.4 Å². The van der Waals surface area contributed by atoms with Crippen LogP contribution in [0.4, 0.5) is 0 Å². The Kier molecular flexibility index (Phi) is 5.25. The van der Waals surface area contributed by atoms with Gasteiger partial charge in [-0.05, 0) is 24.5 Å². The van der Waals surface area contributed by atoms with E-state index in [0.717, 1.165) is 0 Å². The number of sulfonamides is 1. The summed E-state index contributed by atoms with van der Waals surface area (Å²) in [5.41, 5.74) is -0.0197. The zero-order chi connectivity index (χ0) is 15.3. The maximum Gasteiger partial charge on any atom is 0.321 e. The van der Waals surface area contributed by atoms with E-state index in [1.807, 2.05) is 0 Å². The number of aliphatic carboxylic acids is 1. The summed E-state index contributed by atoms with van der Waals surface area (Å²) >= 11 is 0. The number of carbonyl (C=O) groups is 1. The molecular formula is C13H16N2O4S. The number of nitrogens with zero attached hydrogens (tertiary/aromatic N) is 1. The lowest BCUT2D eigenvalue weighted by Crippen LogP contribution is -2.41. The maximum absolute atomic E-state index is 12.2. The Balaban J connectivity index is 3.11. The van der Waals surface area contributed by atoms with Crippen LogP contribution in [-0.4, -0.2) is 25.5 Å². The third-order valence-electron chi connectivity index (χ3n) is 2.60. The van der Waals surface area contributed by atoms with Gasteiger partial charge in [-0.15, -0.1) is 0 Å². The van der Waals surface area contributed by atoms with Gasteiger partial charge in [0.1, 0.15) is 12.1 Å². The molecule has 1 atom stereocenters. The van der Waals surface area contributed by atoms with Gasteiger partial charge in [0.2, 0.25) is 10.0 Å². The Morgan fingerprint density at radius 1 is 1.40 bits per heavy atom. The number of carboxylic acids is 1. The van der Waals surface area contributed by atoms with Crippen LogP contribution in [0.15, 0.2) is 29.2 Å². The van der Waals surface area contributed by atoms with Gasteiger partial charge in [0, 0.05) is 0 Å². The summed E-state index contributed by atoms with van der Waals surface area (Å²) in [6.45, 7) is 3.60. The molecule has 108 valence electrons. The first-order valence-electron chi connectivity index (χ1n) is 6.02. The number of nitrogens with one attached hydrogen (secondary N) is 1. The minimum Gasteiger partial charge on any atom is -0.480 e. The molecule has 0 aliphatic carbocycles. The summed E-state index contributed by atoms with van der Waals surface area (Å²) in [6.07, 6.45) is 0.170. The molecule has 1 aromatic carbocycles.